The molecular formula is C70H50N2. The molecule has 1 spiro atoms. The molecule has 0 unspecified atom stereocenters. The SMILES string of the molecule is C=C/C=C(\C=C/C)c1ccc(N(c2ccccc2)c2ccc3c4c(ccc3c2)-c2ccc3cc(N(c5ccccc5)c5ccc(-c6ccccc6)cc5)ccc3c2C42c3ccccc3-c3ccccc32)cc1. The van der Waals surface area contributed by atoms with Crippen LogP contribution in [0.3, 0.4) is 0 Å². The lowest BCUT2D eigenvalue weighted by Gasteiger charge is -2.33. The third-order valence-corrected chi connectivity index (χ3v) is 14.9. The van der Waals surface area contributed by atoms with Gasteiger partial charge in [-0.15, -0.1) is 0 Å². The summed E-state index contributed by atoms with van der Waals surface area (Å²) in [6, 6.07) is 91.9. The molecule has 340 valence electrons. The zero-order valence-electron chi connectivity index (χ0n) is 40.1. The molecule has 0 amide bonds. The lowest BCUT2D eigenvalue weighted by Crippen LogP contribution is -2.26. The molecular weight excluding hydrogens is 869 g/mol. The lowest BCUT2D eigenvalue weighted by molar-refractivity contribution is 0.809. The van der Waals surface area contributed by atoms with E-state index < -0.39 is 5.41 Å². The van der Waals surface area contributed by atoms with Gasteiger partial charge in [0.15, 0.2) is 0 Å². The van der Waals surface area contributed by atoms with E-state index >= 15 is 0 Å². The van der Waals surface area contributed by atoms with E-state index in [4.69, 9.17) is 0 Å². The molecule has 2 aliphatic rings. The summed E-state index contributed by atoms with van der Waals surface area (Å²) >= 11 is 0. The number of benzene rings is 11. The highest BCUT2D eigenvalue weighted by Gasteiger charge is 2.53. The Bertz CT molecular complexity index is 3880. The zero-order valence-corrected chi connectivity index (χ0v) is 40.1. The lowest BCUT2D eigenvalue weighted by atomic mass is 9.68. The van der Waals surface area contributed by atoms with Gasteiger partial charge in [0.2, 0.25) is 0 Å². The number of rotatable bonds is 10. The van der Waals surface area contributed by atoms with Gasteiger partial charge in [0.25, 0.3) is 0 Å². The van der Waals surface area contributed by atoms with E-state index in [-0.39, 0.29) is 0 Å². The Morgan fingerprint density at radius 2 is 0.806 bits per heavy atom. The van der Waals surface area contributed by atoms with Crippen LogP contribution in [-0.4, -0.2) is 0 Å². The van der Waals surface area contributed by atoms with Gasteiger partial charge in [-0.25, -0.2) is 0 Å². The van der Waals surface area contributed by atoms with E-state index in [1.54, 1.807) is 0 Å². The number of anilines is 6. The van der Waals surface area contributed by atoms with Crippen molar-refractivity contribution < 1.29 is 0 Å². The predicted octanol–water partition coefficient (Wildman–Crippen LogP) is 19.1. The molecule has 11 aromatic rings. The van der Waals surface area contributed by atoms with E-state index in [0.29, 0.717) is 0 Å². The Balaban J connectivity index is 0.995. The van der Waals surface area contributed by atoms with Gasteiger partial charge in [-0.05, 0) is 168 Å². The quantitative estimate of drug-likeness (QED) is 0.126. The van der Waals surface area contributed by atoms with Gasteiger partial charge in [-0.1, -0.05) is 207 Å². The predicted molar refractivity (Wildman–Crippen MR) is 306 cm³/mol. The van der Waals surface area contributed by atoms with Crippen molar-refractivity contribution in [1.29, 1.82) is 0 Å². The number of fused-ring (bicyclic) bond motifs is 14. The molecule has 0 aliphatic heterocycles. The third-order valence-electron chi connectivity index (χ3n) is 14.9. The van der Waals surface area contributed by atoms with Gasteiger partial charge in [0.1, 0.15) is 0 Å². The molecule has 0 bridgehead atoms. The zero-order chi connectivity index (χ0) is 48.2. The maximum Gasteiger partial charge on any atom is 0.0737 e. The minimum Gasteiger partial charge on any atom is -0.310 e. The summed E-state index contributed by atoms with van der Waals surface area (Å²) in [6.45, 7) is 6.02. The molecule has 11 aromatic carbocycles. The minimum absolute atomic E-state index is 0.565. The largest absolute Gasteiger partial charge is 0.310 e. The molecule has 0 atom stereocenters. The van der Waals surface area contributed by atoms with Crippen molar-refractivity contribution in [3.63, 3.8) is 0 Å². The highest BCUT2D eigenvalue weighted by molar-refractivity contribution is 6.10. The maximum absolute atomic E-state index is 3.97. The Kier molecular flexibility index (Phi) is 10.5. The van der Waals surface area contributed by atoms with Crippen LogP contribution < -0.4 is 9.80 Å². The number of nitrogens with zero attached hydrogens (tertiary/aromatic N) is 2. The minimum atomic E-state index is -0.565. The molecule has 2 nitrogen and oxygen atoms in total. The first-order valence-corrected chi connectivity index (χ1v) is 24.9. The summed E-state index contributed by atoms with van der Waals surface area (Å²) in [4.78, 5) is 4.75. The molecule has 0 saturated heterocycles. The molecule has 0 heterocycles. The maximum atomic E-state index is 3.97. The van der Waals surface area contributed by atoms with Crippen LogP contribution in [0.4, 0.5) is 34.1 Å². The normalized spacial score (nSPS) is 13.0. The van der Waals surface area contributed by atoms with Crippen molar-refractivity contribution in [2.75, 3.05) is 9.80 Å². The fourth-order valence-corrected chi connectivity index (χ4v) is 11.9. The molecule has 0 fully saturated rings. The number of hydrogen-bond acceptors (Lipinski definition) is 2. The molecule has 2 heteroatoms. The second-order valence-electron chi connectivity index (χ2n) is 18.8. The monoisotopic (exact) mass is 918 g/mol. The van der Waals surface area contributed by atoms with Crippen molar-refractivity contribution in [2.24, 2.45) is 0 Å². The Hall–Kier alpha value is -9.24. The smallest absolute Gasteiger partial charge is 0.0737 e. The highest BCUT2D eigenvalue weighted by atomic mass is 15.1. The Labute approximate surface area is 422 Å². The topological polar surface area (TPSA) is 6.48 Å². The summed E-state index contributed by atoms with van der Waals surface area (Å²) in [5, 5.41) is 4.92. The van der Waals surface area contributed by atoms with Crippen LogP contribution in [0.5, 0.6) is 0 Å². The fraction of sp³-hybridized carbons (Fsp3) is 0.0286. The first kappa shape index (κ1) is 42.8. The third kappa shape index (κ3) is 6.79. The number of para-hydroxylation sites is 2. The summed E-state index contributed by atoms with van der Waals surface area (Å²) < 4.78 is 0. The summed E-state index contributed by atoms with van der Waals surface area (Å²) in [5.41, 5.74) is 21.3. The van der Waals surface area contributed by atoms with Crippen LogP contribution in [0, 0.1) is 0 Å². The van der Waals surface area contributed by atoms with Crippen LogP contribution in [-0.2, 0) is 5.41 Å². The first-order valence-electron chi connectivity index (χ1n) is 24.9. The highest BCUT2D eigenvalue weighted by Crippen LogP contribution is 2.65. The molecule has 0 N–H and O–H groups in total. The van der Waals surface area contributed by atoms with Crippen LogP contribution in [0.15, 0.2) is 280 Å². The molecule has 0 saturated carbocycles. The van der Waals surface area contributed by atoms with E-state index in [1.165, 1.54) is 77.2 Å². The van der Waals surface area contributed by atoms with E-state index in [0.717, 1.165) is 45.3 Å². The van der Waals surface area contributed by atoms with Gasteiger partial charge in [0, 0.05) is 34.1 Å². The Morgan fingerprint density at radius 3 is 1.29 bits per heavy atom. The van der Waals surface area contributed by atoms with E-state index in [1.807, 2.05) is 13.0 Å². The summed E-state index contributed by atoms with van der Waals surface area (Å²) in [6.07, 6.45) is 8.11. The number of allylic oxidation sites excluding steroid dienone is 5. The summed E-state index contributed by atoms with van der Waals surface area (Å²) in [7, 11) is 0. The first-order chi connectivity index (χ1) is 35.6. The van der Waals surface area contributed by atoms with E-state index in [9.17, 15) is 0 Å². The average Bonchev–Trinajstić information content (AvgIpc) is 3.92. The van der Waals surface area contributed by atoms with Crippen LogP contribution in [0.1, 0.15) is 34.7 Å². The van der Waals surface area contributed by atoms with Gasteiger partial charge in [-0.3, -0.25) is 0 Å². The van der Waals surface area contributed by atoms with Crippen molar-refractivity contribution in [1.82, 2.24) is 0 Å². The van der Waals surface area contributed by atoms with Crippen molar-refractivity contribution >= 4 is 61.2 Å². The van der Waals surface area contributed by atoms with E-state index in [2.05, 4.69) is 283 Å². The van der Waals surface area contributed by atoms with Gasteiger partial charge in [-0.2, -0.15) is 0 Å². The standard InChI is InChI=1S/C70H50N2/c1-3-18-48(19-4-2)50-30-36-56(37-31-50)71(54-22-10-6-11-23-54)58-40-44-60-52(46-58)34-42-64-65-43-35-53-47-59(72(55-24-12-7-13-25-55)57-38-32-51(33-39-57)49-20-8-5-9-21-49)41-45-61(53)69(65)70(68(60)64)66-28-16-14-26-62(66)63-27-15-17-29-67(63)70/h3-47H,1H2,2H3/b19-4-,48-18+. The molecule has 0 radical (unpaired) electrons. The van der Waals surface area contributed by atoms with Crippen molar-refractivity contribution in [3.8, 4) is 33.4 Å². The van der Waals surface area contributed by atoms with Crippen LogP contribution in [0.25, 0.3) is 60.5 Å². The second kappa shape index (κ2) is 17.6. The average molecular weight is 919 g/mol. The van der Waals surface area contributed by atoms with Gasteiger partial charge in [0.05, 0.1) is 5.41 Å². The molecule has 2 aliphatic carbocycles. The van der Waals surface area contributed by atoms with Crippen LogP contribution >= 0.6 is 0 Å². The Morgan fingerprint density at radius 1 is 0.389 bits per heavy atom. The molecule has 72 heavy (non-hydrogen) atoms. The van der Waals surface area contributed by atoms with Crippen molar-refractivity contribution in [2.45, 2.75) is 12.3 Å². The van der Waals surface area contributed by atoms with Gasteiger partial charge < -0.3 is 9.80 Å². The fourth-order valence-electron chi connectivity index (χ4n) is 11.9. The second-order valence-corrected chi connectivity index (χ2v) is 18.8. The number of hydrogen-bond donors (Lipinski definition) is 0. The summed E-state index contributed by atoms with van der Waals surface area (Å²) in [5.74, 6) is 0. The van der Waals surface area contributed by atoms with Gasteiger partial charge >= 0.3 is 0 Å². The van der Waals surface area contributed by atoms with Crippen molar-refractivity contribution in [3.05, 3.63) is 307 Å². The van der Waals surface area contributed by atoms with Crippen LogP contribution in [0.2, 0.25) is 0 Å². The molecule has 13 rings (SSSR count). The molecule has 0 aromatic heterocycles.